The van der Waals surface area contributed by atoms with Gasteiger partial charge in [0, 0.05) is 17.4 Å². The van der Waals surface area contributed by atoms with E-state index in [0.717, 1.165) is 5.75 Å². The normalized spacial score (nSPS) is 13.5. The molecule has 0 spiro atoms. The second-order valence-electron chi connectivity index (χ2n) is 5.19. The molecule has 2 rings (SSSR count). The molecule has 0 amide bonds. The van der Waals surface area contributed by atoms with E-state index in [4.69, 9.17) is 20.9 Å². The molecule has 0 aromatic heterocycles. The second-order valence-corrected chi connectivity index (χ2v) is 7.73. The lowest BCUT2D eigenvalue weighted by atomic mass is 10.3. The van der Waals surface area contributed by atoms with E-state index in [-0.39, 0.29) is 6.10 Å². The van der Waals surface area contributed by atoms with Gasteiger partial charge in [0.25, 0.3) is 0 Å². The van der Waals surface area contributed by atoms with Crippen LogP contribution in [0.25, 0.3) is 0 Å². The summed E-state index contributed by atoms with van der Waals surface area (Å²) in [6.07, 6.45) is 0.115. The highest BCUT2D eigenvalue weighted by Gasteiger charge is 2.17. The fraction of sp³-hybridized carbons (Fsp3) is 0.250. The Morgan fingerprint density at radius 1 is 1.00 bits per heavy atom. The molecule has 1 N–H and O–H groups in total. The van der Waals surface area contributed by atoms with Crippen molar-refractivity contribution in [2.24, 2.45) is 0 Å². The number of anilines is 1. The summed E-state index contributed by atoms with van der Waals surface area (Å²) in [6, 6.07) is 14.0. The Hall–Kier alpha value is -1.64. The van der Waals surface area contributed by atoms with Crippen LogP contribution < -0.4 is 14.3 Å². The van der Waals surface area contributed by atoms with Crippen LogP contribution >= 0.6 is 19.1 Å². The minimum atomic E-state index is -3.03. The molecule has 1 atom stereocenters. The topological polar surface area (TPSA) is 47.6 Å². The van der Waals surface area contributed by atoms with Gasteiger partial charge in [-0.3, -0.25) is 4.57 Å². The standard InChI is InChI=1S/C16H19ClNO3P/c1-12(2)20-15-10-6-14(7-11-15)18-22(3,19)21-16-8-4-13(17)5-9-16/h4-12H,1-3H3,(H,18,19)/t22-/m0/s1. The molecule has 2 aromatic rings. The zero-order valence-electron chi connectivity index (χ0n) is 12.7. The minimum Gasteiger partial charge on any atom is -0.491 e. The number of ether oxygens (including phenoxy) is 1. The summed E-state index contributed by atoms with van der Waals surface area (Å²) in [5.74, 6) is 1.27. The smallest absolute Gasteiger partial charge is 0.338 e. The van der Waals surface area contributed by atoms with E-state index in [1.807, 2.05) is 26.0 Å². The van der Waals surface area contributed by atoms with E-state index in [1.54, 1.807) is 36.4 Å². The van der Waals surface area contributed by atoms with Crippen molar-refractivity contribution in [3.05, 3.63) is 53.6 Å². The Kier molecular flexibility index (Phi) is 5.38. The van der Waals surface area contributed by atoms with Crippen molar-refractivity contribution in [2.45, 2.75) is 20.0 Å². The maximum absolute atomic E-state index is 12.5. The van der Waals surface area contributed by atoms with Gasteiger partial charge in [0.15, 0.2) is 0 Å². The van der Waals surface area contributed by atoms with Gasteiger partial charge >= 0.3 is 7.52 Å². The van der Waals surface area contributed by atoms with Crippen LogP contribution in [0.5, 0.6) is 11.5 Å². The molecule has 0 fully saturated rings. The summed E-state index contributed by atoms with van der Waals surface area (Å²) < 4.78 is 23.6. The molecule has 0 bridgehead atoms. The maximum atomic E-state index is 12.5. The van der Waals surface area contributed by atoms with Gasteiger partial charge in [-0.15, -0.1) is 0 Å². The van der Waals surface area contributed by atoms with E-state index < -0.39 is 7.52 Å². The van der Waals surface area contributed by atoms with Crippen molar-refractivity contribution in [2.75, 3.05) is 11.8 Å². The first kappa shape index (κ1) is 16.7. The first-order valence-electron chi connectivity index (χ1n) is 6.92. The van der Waals surface area contributed by atoms with Gasteiger partial charge in [-0.05, 0) is 62.4 Å². The zero-order valence-corrected chi connectivity index (χ0v) is 14.4. The van der Waals surface area contributed by atoms with E-state index in [2.05, 4.69) is 5.09 Å². The quantitative estimate of drug-likeness (QED) is 0.712. The van der Waals surface area contributed by atoms with Gasteiger partial charge in [0.05, 0.1) is 6.10 Å². The second kappa shape index (κ2) is 7.08. The van der Waals surface area contributed by atoms with Crippen molar-refractivity contribution in [1.29, 1.82) is 0 Å². The molecule has 0 saturated carbocycles. The summed E-state index contributed by atoms with van der Waals surface area (Å²) in [5, 5.41) is 3.51. The van der Waals surface area contributed by atoms with Crippen molar-refractivity contribution < 1.29 is 13.8 Å². The Morgan fingerprint density at radius 3 is 2.09 bits per heavy atom. The molecule has 22 heavy (non-hydrogen) atoms. The number of halogens is 1. The Bertz CT molecular complexity index is 656. The number of hydrogen-bond donors (Lipinski definition) is 1. The third-order valence-electron chi connectivity index (χ3n) is 2.65. The van der Waals surface area contributed by atoms with Crippen LogP contribution in [0.15, 0.2) is 48.5 Å². The van der Waals surface area contributed by atoms with Crippen molar-refractivity contribution in [3.63, 3.8) is 0 Å². The summed E-state index contributed by atoms with van der Waals surface area (Å²) >= 11 is 5.81. The first-order chi connectivity index (χ1) is 10.3. The molecule has 0 radical (unpaired) electrons. The van der Waals surface area contributed by atoms with Crippen LogP contribution in [0, 0.1) is 0 Å². The molecule has 0 unspecified atom stereocenters. The van der Waals surface area contributed by atoms with Gasteiger partial charge in [0.2, 0.25) is 0 Å². The van der Waals surface area contributed by atoms with Gasteiger partial charge in [-0.2, -0.15) is 0 Å². The van der Waals surface area contributed by atoms with Crippen molar-refractivity contribution in [3.8, 4) is 11.5 Å². The summed E-state index contributed by atoms with van der Waals surface area (Å²) in [6.45, 7) is 5.46. The number of rotatable bonds is 6. The average Bonchev–Trinajstić information content (AvgIpc) is 2.42. The fourth-order valence-corrected chi connectivity index (χ4v) is 3.15. The fourth-order valence-electron chi connectivity index (χ4n) is 1.83. The van der Waals surface area contributed by atoms with E-state index >= 15 is 0 Å². The molecule has 0 heterocycles. The lowest BCUT2D eigenvalue weighted by molar-refractivity contribution is 0.242. The van der Waals surface area contributed by atoms with Crippen molar-refractivity contribution >= 4 is 24.8 Å². The minimum absolute atomic E-state index is 0.115. The monoisotopic (exact) mass is 339 g/mol. The van der Waals surface area contributed by atoms with Crippen LogP contribution in [-0.4, -0.2) is 12.8 Å². The summed E-state index contributed by atoms with van der Waals surface area (Å²) in [7, 11) is -3.03. The third-order valence-corrected chi connectivity index (χ3v) is 4.13. The number of benzene rings is 2. The van der Waals surface area contributed by atoms with E-state index in [9.17, 15) is 4.57 Å². The maximum Gasteiger partial charge on any atom is 0.338 e. The molecule has 0 aliphatic rings. The average molecular weight is 340 g/mol. The highest BCUT2D eigenvalue weighted by Crippen LogP contribution is 2.43. The number of hydrogen-bond acceptors (Lipinski definition) is 3. The van der Waals surface area contributed by atoms with Gasteiger partial charge < -0.3 is 14.3 Å². The lowest BCUT2D eigenvalue weighted by Crippen LogP contribution is -2.05. The lowest BCUT2D eigenvalue weighted by Gasteiger charge is -2.18. The molecule has 0 saturated heterocycles. The molecular formula is C16H19ClNO3P. The molecular weight excluding hydrogens is 321 g/mol. The molecule has 6 heteroatoms. The zero-order chi connectivity index (χ0) is 16.2. The van der Waals surface area contributed by atoms with E-state index in [0.29, 0.717) is 16.5 Å². The largest absolute Gasteiger partial charge is 0.491 e. The summed E-state index contributed by atoms with van der Waals surface area (Å²) in [4.78, 5) is 0. The van der Waals surface area contributed by atoms with Crippen LogP contribution in [0.2, 0.25) is 5.02 Å². The SMILES string of the molecule is CC(C)Oc1ccc(N[P@@](C)(=O)Oc2ccc(Cl)cc2)cc1. The predicted molar refractivity (Wildman–Crippen MR) is 91.4 cm³/mol. The summed E-state index contributed by atoms with van der Waals surface area (Å²) in [5.41, 5.74) is 0.705. The van der Waals surface area contributed by atoms with Crippen LogP contribution in [-0.2, 0) is 4.57 Å². The Balaban J connectivity index is 2.01. The molecule has 2 aromatic carbocycles. The van der Waals surface area contributed by atoms with Gasteiger partial charge in [0.1, 0.15) is 11.5 Å². The highest BCUT2D eigenvalue weighted by molar-refractivity contribution is 7.60. The van der Waals surface area contributed by atoms with E-state index in [1.165, 1.54) is 6.66 Å². The number of nitrogens with one attached hydrogen (secondary N) is 1. The Morgan fingerprint density at radius 2 is 1.55 bits per heavy atom. The highest BCUT2D eigenvalue weighted by atomic mass is 35.5. The van der Waals surface area contributed by atoms with Gasteiger partial charge in [-0.1, -0.05) is 11.6 Å². The predicted octanol–water partition coefficient (Wildman–Crippen LogP) is 5.44. The molecule has 0 aliphatic carbocycles. The van der Waals surface area contributed by atoms with Crippen LogP contribution in [0.4, 0.5) is 5.69 Å². The van der Waals surface area contributed by atoms with Crippen LogP contribution in [0.1, 0.15) is 13.8 Å². The van der Waals surface area contributed by atoms with Crippen molar-refractivity contribution in [1.82, 2.24) is 0 Å². The van der Waals surface area contributed by atoms with Crippen LogP contribution in [0.3, 0.4) is 0 Å². The molecule has 0 aliphatic heterocycles. The van der Waals surface area contributed by atoms with Gasteiger partial charge in [-0.25, -0.2) is 0 Å². The third kappa shape index (κ3) is 5.28. The molecule has 4 nitrogen and oxygen atoms in total. The first-order valence-corrected chi connectivity index (χ1v) is 9.37. The molecule has 118 valence electrons. The Labute approximate surface area is 135 Å².